The van der Waals surface area contributed by atoms with Crippen LogP contribution in [-0.4, -0.2) is 37.6 Å². The van der Waals surface area contributed by atoms with Crippen LogP contribution in [0.2, 0.25) is 0 Å². The van der Waals surface area contributed by atoms with Crippen LogP contribution in [0.25, 0.3) is 0 Å². The molecule has 6 heteroatoms. The van der Waals surface area contributed by atoms with E-state index >= 15 is 0 Å². The van der Waals surface area contributed by atoms with Gasteiger partial charge in [-0.05, 0) is 12.1 Å². The number of hydrogen-bond acceptors (Lipinski definition) is 5. The third kappa shape index (κ3) is 2.88. The summed E-state index contributed by atoms with van der Waals surface area (Å²) in [5.41, 5.74) is 1.26. The lowest BCUT2D eigenvalue weighted by atomic mass is 10.1. The molecule has 1 aromatic rings. The standard InChI is InChI=1S/C13H16N2O2S2/c1-2-19(16,17)13-10-18-8-7-15(13)12-6-4-3-5-11(12)9-14/h3-6,13H,2,7-8,10H2,1H3. The van der Waals surface area contributed by atoms with Crippen molar-refractivity contribution in [2.75, 3.05) is 28.7 Å². The summed E-state index contributed by atoms with van der Waals surface area (Å²) in [7, 11) is -3.15. The minimum Gasteiger partial charge on any atom is -0.352 e. The fourth-order valence-electron chi connectivity index (χ4n) is 2.17. The Kier molecular flexibility index (Phi) is 4.38. The zero-order valence-corrected chi connectivity index (χ0v) is 12.4. The van der Waals surface area contributed by atoms with Crippen molar-refractivity contribution >= 4 is 27.3 Å². The fourth-order valence-corrected chi connectivity index (χ4v) is 5.15. The van der Waals surface area contributed by atoms with Gasteiger partial charge in [0.2, 0.25) is 0 Å². The summed E-state index contributed by atoms with van der Waals surface area (Å²) in [6.45, 7) is 2.33. The van der Waals surface area contributed by atoms with Gasteiger partial charge >= 0.3 is 0 Å². The van der Waals surface area contributed by atoms with Gasteiger partial charge in [-0.3, -0.25) is 0 Å². The molecule has 1 saturated heterocycles. The lowest BCUT2D eigenvalue weighted by molar-refractivity contribution is 0.579. The zero-order chi connectivity index (χ0) is 13.9. The Morgan fingerprint density at radius 2 is 2.21 bits per heavy atom. The summed E-state index contributed by atoms with van der Waals surface area (Å²) in [4.78, 5) is 1.87. The van der Waals surface area contributed by atoms with E-state index in [0.717, 1.165) is 11.4 Å². The molecule has 1 aliphatic heterocycles. The topological polar surface area (TPSA) is 61.2 Å². The van der Waals surface area contributed by atoms with E-state index in [2.05, 4.69) is 6.07 Å². The highest BCUT2D eigenvalue weighted by molar-refractivity contribution is 8.01. The number of para-hydroxylation sites is 1. The normalized spacial score (nSPS) is 20.0. The third-order valence-electron chi connectivity index (χ3n) is 3.24. The molecule has 1 atom stereocenters. The van der Waals surface area contributed by atoms with Gasteiger partial charge in [-0.1, -0.05) is 19.1 Å². The quantitative estimate of drug-likeness (QED) is 0.852. The molecule has 4 nitrogen and oxygen atoms in total. The van der Waals surface area contributed by atoms with Gasteiger partial charge in [0.1, 0.15) is 11.4 Å². The van der Waals surface area contributed by atoms with Crippen LogP contribution in [0.5, 0.6) is 0 Å². The number of nitriles is 1. The maximum absolute atomic E-state index is 12.2. The molecule has 2 rings (SSSR count). The Morgan fingerprint density at radius 3 is 2.89 bits per heavy atom. The molecule has 0 N–H and O–H groups in total. The summed E-state index contributed by atoms with van der Waals surface area (Å²) in [6.07, 6.45) is 0. The van der Waals surface area contributed by atoms with Crippen LogP contribution in [0.15, 0.2) is 24.3 Å². The first-order valence-electron chi connectivity index (χ1n) is 6.15. The molecule has 0 radical (unpaired) electrons. The second kappa shape index (κ2) is 5.85. The molecule has 0 amide bonds. The first-order chi connectivity index (χ1) is 9.10. The highest BCUT2D eigenvalue weighted by atomic mass is 32.2. The number of rotatable bonds is 3. The summed E-state index contributed by atoms with van der Waals surface area (Å²) in [6, 6.07) is 9.33. The highest BCUT2D eigenvalue weighted by Crippen LogP contribution is 2.29. The zero-order valence-electron chi connectivity index (χ0n) is 10.7. The Hall–Kier alpha value is -1.19. The molecule has 1 unspecified atom stereocenters. The molecule has 1 heterocycles. The van der Waals surface area contributed by atoms with E-state index in [1.807, 2.05) is 17.0 Å². The number of sulfone groups is 1. The summed E-state index contributed by atoms with van der Waals surface area (Å²) in [5.74, 6) is 1.58. The van der Waals surface area contributed by atoms with Crippen molar-refractivity contribution in [2.24, 2.45) is 0 Å². The van der Waals surface area contributed by atoms with Gasteiger partial charge < -0.3 is 4.90 Å². The van der Waals surface area contributed by atoms with Gasteiger partial charge in [-0.25, -0.2) is 8.42 Å². The average Bonchev–Trinajstić information content (AvgIpc) is 2.47. The van der Waals surface area contributed by atoms with E-state index in [4.69, 9.17) is 5.26 Å². The molecule has 0 aromatic heterocycles. The van der Waals surface area contributed by atoms with Crippen LogP contribution < -0.4 is 4.90 Å². The molecule has 1 aromatic carbocycles. The molecule has 19 heavy (non-hydrogen) atoms. The van der Waals surface area contributed by atoms with Crippen molar-refractivity contribution in [1.29, 1.82) is 5.26 Å². The van der Waals surface area contributed by atoms with Crippen molar-refractivity contribution in [2.45, 2.75) is 12.3 Å². The second-order valence-electron chi connectivity index (χ2n) is 4.30. The Balaban J connectivity index is 2.43. The van der Waals surface area contributed by atoms with Crippen LogP contribution in [-0.2, 0) is 9.84 Å². The Labute approximate surface area is 118 Å². The number of nitrogens with zero attached hydrogens (tertiary/aromatic N) is 2. The van der Waals surface area contributed by atoms with Crippen molar-refractivity contribution < 1.29 is 8.42 Å². The molecule has 0 spiro atoms. The van der Waals surface area contributed by atoms with Crippen molar-refractivity contribution in [3.05, 3.63) is 29.8 Å². The fraction of sp³-hybridized carbons (Fsp3) is 0.462. The molecule has 0 bridgehead atoms. The van der Waals surface area contributed by atoms with Gasteiger partial charge in [0.15, 0.2) is 9.84 Å². The van der Waals surface area contributed by atoms with Crippen molar-refractivity contribution in [1.82, 2.24) is 0 Å². The van der Waals surface area contributed by atoms with Crippen LogP contribution in [0.3, 0.4) is 0 Å². The number of benzene rings is 1. The maximum atomic E-state index is 12.2. The summed E-state index contributed by atoms with van der Waals surface area (Å²) >= 11 is 1.65. The van der Waals surface area contributed by atoms with E-state index in [1.54, 1.807) is 30.8 Å². The molecule has 102 valence electrons. The average molecular weight is 296 g/mol. The van der Waals surface area contributed by atoms with Crippen LogP contribution in [0.1, 0.15) is 12.5 Å². The van der Waals surface area contributed by atoms with E-state index < -0.39 is 15.2 Å². The van der Waals surface area contributed by atoms with E-state index in [-0.39, 0.29) is 5.75 Å². The third-order valence-corrected chi connectivity index (χ3v) is 6.52. The Morgan fingerprint density at radius 1 is 1.47 bits per heavy atom. The van der Waals surface area contributed by atoms with E-state index in [9.17, 15) is 8.42 Å². The first kappa shape index (κ1) is 14.2. The monoisotopic (exact) mass is 296 g/mol. The molecule has 0 saturated carbocycles. The van der Waals surface area contributed by atoms with Crippen molar-refractivity contribution in [3.8, 4) is 6.07 Å². The molecular weight excluding hydrogens is 280 g/mol. The minimum absolute atomic E-state index is 0.128. The van der Waals surface area contributed by atoms with Gasteiger partial charge in [0.05, 0.1) is 11.3 Å². The Bertz CT molecular complexity index is 593. The number of anilines is 1. The number of thioether (sulfide) groups is 1. The van der Waals surface area contributed by atoms with Crippen LogP contribution in [0, 0.1) is 11.3 Å². The maximum Gasteiger partial charge on any atom is 0.171 e. The van der Waals surface area contributed by atoms with Gasteiger partial charge in [0.25, 0.3) is 0 Å². The smallest absolute Gasteiger partial charge is 0.171 e. The predicted octanol–water partition coefficient (Wildman–Crippen LogP) is 1.87. The predicted molar refractivity (Wildman–Crippen MR) is 79.1 cm³/mol. The van der Waals surface area contributed by atoms with Gasteiger partial charge in [0, 0.05) is 23.8 Å². The summed E-state index contributed by atoms with van der Waals surface area (Å²) < 4.78 is 24.4. The number of hydrogen-bond donors (Lipinski definition) is 0. The SMILES string of the molecule is CCS(=O)(=O)C1CSCCN1c1ccccc1C#N. The molecular formula is C13H16N2O2S2. The van der Waals surface area contributed by atoms with Crippen LogP contribution in [0.4, 0.5) is 5.69 Å². The largest absolute Gasteiger partial charge is 0.352 e. The van der Waals surface area contributed by atoms with Gasteiger partial charge in [-0.15, -0.1) is 0 Å². The first-order valence-corrected chi connectivity index (χ1v) is 9.02. The molecule has 0 aliphatic carbocycles. The highest BCUT2D eigenvalue weighted by Gasteiger charge is 2.33. The minimum atomic E-state index is -3.15. The van der Waals surface area contributed by atoms with Gasteiger partial charge in [-0.2, -0.15) is 17.0 Å². The summed E-state index contributed by atoms with van der Waals surface area (Å²) in [5, 5.41) is 8.64. The second-order valence-corrected chi connectivity index (χ2v) is 7.90. The lowest BCUT2D eigenvalue weighted by Crippen LogP contribution is -2.48. The van der Waals surface area contributed by atoms with Crippen LogP contribution >= 0.6 is 11.8 Å². The van der Waals surface area contributed by atoms with E-state index in [0.29, 0.717) is 17.9 Å². The van der Waals surface area contributed by atoms with Crippen molar-refractivity contribution in [3.63, 3.8) is 0 Å². The lowest BCUT2D eigenvalue weighted by Gasteiger charge is -2.36. The van der Waals surface area contributed by atoms with E-state index in [1.165, 1.54) is 0 Å². The molecule has 1 fully saturated rings. The molecule has 1 aliphatic rings.